The van der Waals surface area contributed by atoms with Gasteiger partial charge in [-0.2, -0.15) is 0 Å². The Morgan fingerprint density at radius 3 is 2.58 bits per heavy atom. The average Bonchev–Trinajstić information content (AvgIpc) is 3.09. The molecule has 136 valence electrons. The first kappa shape index (κ1) is 18.7. The molecule has 2 aromatic carbocycles. The van der Waals surface area contributed by atoms with E-state index < -0.39 is 6.04 Å². The minimum atomic E-state index is -0.489. The quantitative estimate of drug-likeness (QED) is 0.813. The van der Waals surface area contributed by atoms with Gasteiger partial charge < -0.3 is 10.2 Å². The molecule has 4 nitrogen and oxygen atoms in total. The Labute approximate surface area is 163 Å². The maximum atomic E-state index is 12.8. The van der Waals surface area contributed by atoms with Crippen LogP contribution in [-0.4, -0.2) is 29.3 Å². The second-order valence-corrected chi connectivity index (χ2v) is 7.41. The number of amides is 2. The van der Waals surface area contributed by atoms with Gasteiger partial charge in [0.05, 0.1) is 10.0 Å². The molecule has 1 fully saturated rings. The van der Waals surface area contributed by atoms with Gasteiger partial charge >= 0.3 is 0 Å². The molecule has 1 N–H and O–H groups in total. The summed E-state index contributed by atoms with van der Waals surface area (Å²) in [6.45, 7) is 4.47. The van der Waals surface area contributed by atoms with Crippen molar-refractivity contribution in [3.8, 4) is 0 Å². The van der Waals surface area contributed by atoms with Gasteiger partial charge in [-0.25, -0.2) is 0 Å². The molecule has 2 amide bonds. The Hall–Kier alpha value is -2.04. The summed E-state index contributed by atoms with van der Waals surface area (Å²) in [4.78, 5) is 27.2. The van der Waals surface area contributed by atoms with Crippen molar-refractivity contribution >= 4 is 40.7 Å². The molecule has 1 aliphatic rings. The summed E-state index contributed by atoms with van der Waals surface area (Å²) in [7, 11) is 0. The van der Waals surface area contributed by atoms with E-state index in [4.69, 9.17) is 23.2 Å². The first-order valence-corrected chi connectivity index (χ1v) is 9.26. The van der Waals surface area contributed by atoms with Crippen molar-refractivity contribution in [2.24, 2.45) is 0 Å². The van der Waals surface area contributed by atoms with E-state index in [0.717, 1.165) is 23.2 Å². The van der Waals surface area contributed by atoms with E-state index in [1.807, 2.05) is 32.0 Å². The van der Waals surface area contributed by atoms with Crippen LogP contribution in [0, 0.1) is 13.8 Å². The van der Waals surface area contributed by atoms with Gasteiger partial charge in [-0.3, -0.25) is 9.59 Å². The molecular formula is C20H20Cl2N2O2. The fraction of sp³-hybridized carbons (Fsp3) is 0.300. The molecular weight excluding hydrogens is 371 g/mol. The average molecular weight is 391 g/mol. The molecule has 6 heteroatoms. The summed E-state index contributed by atoms with van der Waals surface area (Å²) in [6, 6.07) is 10.2. The lowest BCUT2D eigenvalue weighted by atomic mass is 10.1. The lowest BCUT2D eigenvalue weighted by Gasteiger charge is -2.24. The third-order valence-electron chi connectivity index (χ3n) is 4.63. The molecule has 0 radical (unpaired) electrons. The highest BCUT2D eigenvalue weighted by molar-refractivity contribution is 6.42. The van der Waals surface area contributed by atoms with Gasteiger partial charge in [-0.05, 0) is 62.1 Å². The van der Waals surface area contributed by atoms with Gasteiger partial charge in [0.15, 0.2) is 0 Å². The summed E-state index contributed by atoms with van der Waals surface area (Å²) in [5.74, 6) is -0.369. The molecule has 26 heavy (non-hydrogen) atoms. The summed E-state index contributed by atoms with van der Waals surface area (Å²) in [5, 5.41) is 3.69. The van der Waals surface area contributed by atoms with Crippen molar-refractivity contribution in [3.05, 3.63) is 63.1 Å². The molecule has 0 bridgehead atoms. The minimum absolute atomic E-state index is 0.162. The Bertz CT molecular complexity index is 867. The van der Waals surface area contributed by atoms with E-state index in [1.165, 1.54) is 0 Å². The zero-order chi connectivity index (χ0) is 18.8. The van der Waals surface area contributed by atoms with Crippen molar-refractivity contribution in [1.82, 2.24) is 4.90 Å². The van der Waals surface area contributed by atoms with Crippen LogP contribution in [0.2, 0.25) is 10.0 Å². The minimum Gasteiger partial charge on any atom is -0.327 e. The summed E-state index contributed by atoms with van der Waals surface area (Å²) < 4.78 is 0. The maximum absolute atomic E-state index is 12.8. The molecule has 0 aromatic heterocycles. The highest BCUT2D eigenvalue weighted by Crippen LogP contribution is 2.27. The van der Waals surface area contributed by atoms with Crippen LogP contribution < -0.4 is 5.32 Å². The number of nitrogens with zero attached hydrogens (tertiary/aromatic N) is 1. The second kappa shape index (κ2) is 7.68. The lowest BCUT2D eigenvalue weighted by molar-refractivity contribution is -0.119. The monoisotopic (exact) mass is 390 g/mol. The number of anilines is 1. The standard InChI is InChI=1S/C20H20Cl2N2O2/c1-12-5-6-13(2)17(10-12)23-19(25)18-4-3-9-24(18)20(26)14-7-8-15(21)16(22)11-14/h5-8,10-11,18H,3-4,9H2,1-2H3,(H,23,25). The zero-order valence-corrected chi connectivity index (χ0v) is 16.2. The lowest BCUT2D eigenvalue weighted by Crippen LogP contribution is -2.43. The number of rotatable bonds is 3. The number of carbonyl (C=O) groups excluding carboxylic acids is 2. The van der Waals surface area contributed by atoms with Gasteiger partial charge in [0.25, 0.3) is 5.91 Å². The molecule has 1 unspecified atom stereocenters. The number of carbonyl (C=O) groups is 2. The van der Waals surface area contributed by atoms with Crippen molar-refractivity contribution in [2.75, 3.05) is 11.9 Å². The van der Waals surface area contributed by atoms with Gasteiger partial charge in [0.1, 0.15) is 6.04 Å². The van der Waals surface area contributed by atoms with Crippen LogP contribution in [0.25, 0.3) is 0 Å². The normalized spacial score (nSPS) is 16.6. The number of halogens is 2. The molecule has 3 rings (SSSR count). The van der Waals surface area contributed by atoms with Crippen molar-refractivity contribution < 1.29 is 9.59 Å². The highest BCUT2D eigenvalue weighted by Gasteiger charge is 2.34. The Morgan fingerprint density at radius 2 is 1.85 bits per heavy atom. The summed E-state index contributed by atoms with van der Waals surface area (Å²) >= 11 is 11.9. The van der Waals surface area contributed by atoms with E-state index in [1.54, 1.807) is 23.1 Å². The smallest absolute Gasteiger partial charge is 0.254 e. The van der Waals surface area contributed by atoms with Gasteiger partial charge in [-0.1, -0.05) is 35.3 Å². The second-order valence-electron chi connectivity index (χ2n) is 6.59. The summed E-state index contributed by atoms with van der Waals surface area (Å²) in [5.41, 5.74) is 3.28. The molecule has 0 saturated carbocycles. The van der Waals surface area contributed by atoms with E-state index in [2.05, 4.69) is 5.32 Å². The molecule has 2 aromatic rings. The Balaban J connectivity index is 1.78. The number of hydrogen-bond donors (Lipinski definition) is 1. The fourth-order valence-corrected chi connectivity index (χ4v) is 3.46. The highest BCUT2D eigenvalue weighted by atomic mass is 35.5. The van der Waals surface area contributed by atoms with Crippen molar-refractivity contribution in [3.63, 3.8) is 0 Å². The van der Waals surface area contributed by atoms with E-state index in [9.17, 15) is 9.59 Å². The first-order chi connectivity index (χ1) is 12.4. The van der Waals surface area contributed by atoms with Crippen LogP contribution >= 0.6 is 23.2 Å². The largest absolute Gasteiger partial charge is 0.327 e. The fourth-order valence-electron chi connectivity index (χ4n) is 3.16. The maximum Gasteiger partial charge on any atom is 0.254 e. The van der Waals surface area contributed by atoms with Crippen LogP contribution in [0.15, 0.2) is 36.4 Å². The Kier molecular flexibility index (Phi) is 5.54. The van der Waals surface area contributed by atoms with Crippen LogP contribution in [-0.2, 0) is 4.79 Å². The van der Waals surface area contributed by atoms with Gasteiger partial charge in [0, 0.05) is 17.8 Å². The number of aryl methyl sites for hydroxylation is 2. The molecule has 1 atom stereocenters. The number of benzene rings is 2. The molecule has 0 aliphatic carbocycles. The zero-order valence-electron chi connectivity index (χ0n) is 14.7. The van der Waals surface area contributed by atoms with Crippen molar-refractivity contribution in [1.29, 1.82) is 0 Å². The predicted octanol–water partition coefficient (Wildman–Crippen LogP) is 4.85. The number of nitrogens with one attached hydrogen (secondary N) is 1. The van der Waals surface area contributed by atoms with Crippen LogP contribution in [0.5, 0.6) is 0 Å². The third-order valence-corrected chi connectivity index (χ3v) is 5.37. The number of hydrogen-bond acceptors (Lipinski definition) is 2. The number of likely N-dealkylation sites (tertiary alicyclic amines) is 1. The van der Waals surface area contributed by atoms with E-state index in [-0.39, 0.29) is 11.8 Å². The molecule has 1 saturated heterocycles. The van der Waals surface area contributed by atoms with Crippen LogP contribution in [0.1, 0.15) is 34.3 Å². The SMILES string of the molecule is Cc1ccc(C)c(NC(=O)C2CCCN2C(=O)c2ccc(Cl)c(Cl)c2)c1. The predicted molar refractivity (Wildman–Crippen MR) is 105 cm³/mol. The Morgan fingerprint density at radius 1 is 1.08 bits per heavy atom. The molecule has 1 aliphatic heterocycles. The van der Waals surface area contributed by atoms with Gasteiger partial charge in [-0.15, -0.1) is 0 Å². The van der Waals surface area contributed by atoms with Gasteiger partial charge in [0.2, 0.25) is 5.91 Å². The third kappa shape index (κ3) is 3.87. The molecule has 1 heterocycles. The first-order valence-electron chi connectivity index (χ1n) is 8.51. The van der Waals surface area contributed by atoms with Crippen LogP contribution in [0.4, 0.5) is 5.69 Å². The summed E-state index contributed by atoms with van der Waals surface area (Å²) in [6.07, 6.45) is 1.43. The van der Waals surface area contributed by atoms with Crippen LogP contribution in [0.3, 0.4) is 0 Å². The van der Waals surface area contributed by atoms with E-state index >= 15 is 0 Å². The van der Waals surface area contributed by atoms with E-state index in [0.29, 0.717) is 28.6 Å². The molecule has 0 spiro atoms. The topological polar surface area (TPSA) is 49.4 Å². The van der Waals surface area contributed by atoms with Crippen molar-refractivity contribution in [2.45, 2.75) is 32.7 Å².